The molecule has 0 bridgehead atoms. The molecule has 168 valence electrons. The van der Waals surface area contributed by atoms with Crippen LogP contribution in [-0.2, 0) is 6.54 Å². The Morgan fingerprint density at radius 2 is 1.97 bits per heavy atom. The van der Waals surface area contributed by atoms with Gasteiger partial charge in [0.1, 0.15) is 5.75 Å². The van der Waals surface area contributed by atoms with Crippen LogP contribution in [0.3, 0.4) is 0 Å². The maximum atomic E-state index is 6.11. The first-order valence-electron chi connectivity index (χ1n) is 11.7. The molecule has 1 atom stereocenters. The van der Waals surface area contributed by atoms with Crippen LogP contribution < -0.4 is 15.4 Å². The van der Waals surface area contributed by atoms with Crippen molar-refractivity contribution in [2.24, 2.45) is 16.8 Å². The van der Waals surface area contributed by atoms with E-state index in [1.807, 2.05) is 0 Å². The summed E-state index contributed by atoms with van der Waals surface area (Å²) in [5.41, 5.74) is 2.39. The first-order chi connectivity index (χ1) is 14.5. The predicted molar refractivity (Wildman–Crippen MR) is 125 cm³/mol. The zero-order valence-electron chi connectivity index (χ0n) is 19.4. The zero-order valence-corrected chi connectivity index (χ0v) is 19.4. The zero-order chi connectivity index (χ0) is 21.3. The van der Waals surface area contributed by atoms with Gasteiger partial charge in [0, 0.05) is 51.4 Å². The summed E-state index contributed by atoms with van der Waals surface area (Å²) >= 11 is 0. The molecule has 3 rings (SSSR count). The number of piperazine rings is 1. The molecule has 6 heteroatoms. The maximum Gasteiger partial charge on any atom is 0.191 e. The molecule has 6 nitrogen and oxygen atoms in total. The lowest BCUT2D eigenvalue weighted by Gasteiger charge is -2.34. The van der Waals surface area contributed by atoms with Gasteiger partial charge >= 0.3 is 0 Å². The Labute approximate surface area is 183 Å². The summed E-state index contributed by atoms with van der Waals surface area (Å²) in [4.78, 5) is 9.82. The van der Waals surface area contributed by atoms with Crippen molar-refractivity contribution in [3.05, 3.63) is 29.3 Å². The van der Waals surface area contributed by atoms with Crippen molar-refractivity contribution in [3.63, 3.8) is 0 Å². The average molecular weight is 416 g/mol. The van der Waals surface area contributed by atoms with Crippen LogP contribution in [0.15, 0.2) is 23.2 Å². The molecular weight excluding hydrogens is 374 g/mol. The molecule has 0 spiro atoms. The van der Waals surface area contributed by atoms with Crippen molar-refractivity contribution in [1.82, 2.24) is 20.4 Å². The Morgan fingerprint density at radius 1 is 1.20 bits per heavy atom. The number of nitrogens with zero attached hydrogens (tertiary/aromatic N) is 3. The number of hydrogen-bond donors (Lipinski definition) is 2. The van der Waals surface area contributed by atoms with Crippen LogP contribution in [0.4, 0.5) is 0 Å². The van der Waals surface area contributed by atoms with Gasteiger partial charge in [0.2, 0.25) is 0 Å². The molecule has 1 aromatic rings. The van der Waals surface area contributed by atoms with E-state index < -0.39 is 0 Å². The molecule has 1 heterocycles. The summed E-state index contributed by atoms with van der Waals surface area (Å²) in [5, 5.41) is 6.93. The monoisotopic (exact) mass is 415 g/mol. The molecule has 2 N–H and O–H groups in total. The normalized spacial score (nSPS) is 19.5. The van der Waals surface area contributed by atoms with E-state index in [4.69, 9.17) is 9.73 Å². The second kappa shape index (κ2) is 11.6. The van der Waals surface area contributed by atoms with E-state index in [1.54, 1.807) is 0 Å². The minimum absolute atomic E-state index is 0.578. The molecule has 1 aliphatic carbocycles. The molecule has 1 aromatic carbocycles. The highest BCUT2D eigenvalue weighted by molar-refractivity contribution is 5.79. The number of hydrogen-bond acceptors (Lipinski definition) is 4. The highest BCUT2D eigenvalue weighted by atomic mass is 16.5. The van der Waals surface area contributed by atoms with Gasteiger partial charge in [-0.25, -0.2) is 4.99 Å². The van der Waals surface area contributed by atoms with Crippen molar-refractivity contribution >= 4 is 5.96 Å². The van der Waals surface area contributed by atoms with Gasteiger partial charge in [-0.05, 0) is 57.2 Å². The van der Waals surface area contributed by atoms with Gasteiger partial charge < -0.3 is 25.2 Å². The molecule has 0 amide bonds. The first kappa shape index (κ1) is 22.9. The van der Waals surface area contributed by atoms with Gasteiger partial charge in [-0.1, -0.05) is 19.1 Å². The number of benzene rings is 1. The van der Waals surface area contributed by atoms with Crippen molar-refractivity contribution < 1.29 is 4.74 Å². The summed E-state index contributed by atoms with van der Waals surface area (Å²) in [6, 6.07) is 6.44. The summed E-state index contributed by atoms with van der Waals surface area (Å²) in [6.45, 7) is 15.6. The largest absolute Gasteiger partial charge is 0.493 e. The highest BCUT2D eigenvalue weighted by Gasteiger charge is 2.22. The van der Waals surface area contributed by atoms with Gasteiger partial charge in [-0.3, -0.25) is 0 Å². The molecule has 1 aliphatic heterocycles. The molecule has 1 saturated carbocycles. The SMILES string of the molecule is CCNC(=NCc1ccc(C)cc1OCC1CC1)NCC(C)CN1CCN(C)CC1. The Hall–Kier alpha value is -1.79. The van der Waals surface area contributed by atoms with E-state index in [-0.39, 0.29) is 0 Å². The molecule has 1 unspecified atom stereocenters. The third-order valence-electron chi connectivity index (χ3n) is 5.93. The van der Waals surface area contributed by atoms with Gasteiger partial charge in [0.25, 0.3) is 0 Å². The minimum Gasteiger partial charge on any atom is -0.493 e. The number of guanidine groups is 1. The summed E-state index contributed by atoms with van der Waals surface area (Å²) in [6.07, 6.45) is 2.61. The van der Waals surface area contributed by atoms with Crippen molar-refractivity contribution in [2.45, 2.75) is 40.2 Å². The summed E-state index contributed by atoms with van der Waals surface area (Å²) in [5.74, 6) is 3.21. The highest BCUT2D eigenvalue weighted by Crippen LogP contribution is 2.30. The Balaban J connectivity index is 1.51. The topological polar surface area (TPSA) is 52.1 Å². The molecule has 2 fully saturated rings. The Kier molecular flexibility index (Phi) is 8.82. The van der Waals surface area contributed by atoms with E-state index in [0.717, 1.165) is 49.4 Å². The second-order valence-electron chi connectivity index (χ2n) is 9.15. The third-order valence-corrected chi connectivity index (χ3v) is 5.93. The van der Waals surface area contributed by atoms with Crippen LogP contribution in [0.5, 0.6) is 5.75 Å². The molecule has 0 aromatic heterocycles. The molecule has 2 aliphatic rings. The Morgan fingerprint density at radius 3 is 2.67 bits per heavy atom. The number of ether oxygens (including phenoxy) is 1. The number of nitrogens with one attached hydrogen (secondary N) is 2. The fraction of sp³-hybridized carbons (Fsp3) is 0.708. The molecular formula is C24H41N5O. The molecule has 1 saturated heterocycles. The summed E-state index contributed by atoms with van der Waals surface area (Å²) in [7, 11) is 2.21. The first-order valence-corrected chi connectivity index (χ1v) is 11.7. The van der Waals surface area contributed by atoms with Crippen molar-refractivity contribution in [1.29, 1.82) is 0 Å². The smallest absolute Gasteiger partial charge is 0.191 e. The predicted octanol–water partition coefficient (Wildman–Crippen LogP) is 2.72. The van der Waals surface area contributed by atoms with Crippen LogP contribution in [0.2, 0.25) is 0 Å². The quantitative estimate of drug-likeness (QED) is 0.455. The third kappa shape index (κ3) is 7.80. The van der Waals surface area contributed by atoms with Gasteiger partial charge in [0.15, 0.2) is 5.96 Å². The van der Waals surface area contributed by atoms with Crippen LogP contribution in [-0.4, -0.2) is 75.2 Å². The standard InChI is InChI=1S/C24H41N5O/c1-5-25-24(26-15-20(3)17-29-12-10-28(4)11-13-29)27-16-22-9-6-19(2)14-23(22)30-18-21-7-8-21/h6,9,14,20-21H,5,7-8,10-13,15-18H2,1-4H3,(H2,25,26,27). The number of aryl methyl sites for hydroxylation is 1. The lowest BCUT2D eigenvalue weighted by atomic mass is 10.1. The fourth-order valence-corrected chi connectivity index (χ4v) is 3.73. The van der Waals surface area contributed by atoms with E-state index in [1.165, 1.54) is 44.6 Å². The lowest BCUT2D eigenvalue weighted by molar-refractivity contribution is 0.139. The van der Waals surface area contributed by atoms with Gasteiger partial charge in [-0.15, -0.1) is 0 Å². The van der Waals surface area contributed by atoms with Crippen molar-refractivity contribution in [3.8, 4) is 5.75 Å². The van der Waals surface area contributed by atoms with Gasteiger partial charge in [-0.2, -0.15) is 0 Å². The van der Waals surface area contributed by atoms with Gasteiger partial charge in [0.05, 0.1) is 13.2 Å². The van der Waals surface area contributed by atoms with E-state index in [2.05, 4.69) is 66.5 Å². The van der Waals surface area contributed by atoms with Crippen LogP contribution in [0, 0.1) is 18.8 Å². The number of likely N-dealkylation sites (N-methyl/N-ethyl adjacent to an activating group) is 1. The van der Waals surface area contributed by atoms with Crippen molar-refractivity contribution in [2.75, 3.05) is 59.5 Å². The van der Waals surface area contributed by atoms with E-state index in [0.29, 0.717) is 12.5 Å². The summed E-state index contributed by atoms with van der Waals surface area (Å²) < 4.78 is 6.11. The van der Waals surface area contributed by atoms with E-state index >= 15 is 0 Å². The Bertz CT molecular complexity index is 680. The minimum atomic E-state index is 0.578. The lowest BCUT2D eigenvalue weighted by Crippen LogP contribution is -2.47. The average Bonchev–Trinajstić information content (AvgIpc) is 3.56. The van der Waals surface area contributed by atoms with Crippen LogP contribution in [0.1, 0.15) is 37.8 Å². The molecule has 30 heavy (non-hydrogen) atoms. The van der Waals surface area contributed by atoms with Crippen LogP contribution in [0.25, 0.3) is 0 Å². The van der Waals surface area contributed by atoms with E-state index in [9.17, 15) is 0 Å². The number of rotatable bonds is 10. The number of aliphatic imine (C=N–C) groups is 1. The fourth-order valence-electron chi connectivity index (χ4n) is 3.73. The van der Waals surface area contributed by atoms with Crippen LogP contribution >= 0.6 is 0 Å². The molecule has 0 radical (unpaired) electrons. The maximum absolute atomic E-state index is 6.11. The second-order valence-corrected chi connectivity index (χ2v) is 9.15.